The van der Waals surface area contributed by atoms with Crippen LogP contribution in [0.25, 0.3) is 0 Å². The molecule has 0 aromatic carbocycles. The number of nitrogens with zero attached hydrogens (tertiary/aromatic N) is 1. The van der Waals surface area contributed by atoms with E-state index in [1.807, 2.05) is 12.4 Å². The Labute approximate surface area is 74.4 Å². The molecule has 0 atom stereocenters. The molecule has 0 aliphatic carbocycles. The SMILES string of the molecule is CCCCC(C)(C)c1ncc[nH]1. The molecule has 68 valence electrons. The molecule has 0 radical (unpaired) electrons. The van der Waals surface area contributed by atoms with Crippen molar-refractivity contribution in [2.24, 2.45) is 0 Å². The summed E-state index contributed by atoms with van der Waals surface area (Å²) in [7, 11) is 0. The van der Waals surface area contributed by atoms with E-state index >= 15 is 0 Å². The number of rotatable bonds is 4. The van der Waals surface area contributed by atoms with Crippen molar-refractivity contribution in [3.63, 3.8) is 0 Å². The monoisotopic (exact) mass is 166 g/mol. The lowest BCUT2D eigenvalue weighted by molar-refractivity contribution is 0.435. The maximum Gasteiger partial charge on any atom is 0.111 e. The summed E-state index contributed by atoms with van der Waals surface area (Å²) in [6.45, 7) is 6.70. The first-order valence-electron chi connectivity index (χ1n) is 4.66. The molecule has 1 heterocycles. The summed E-state index contributed by atoms with van der Waals surface area (Å²) < 4.78 is 0. The Hall–Kier alpha value is -0.790. The minimum absolute atomic E-state index is 0.208. The molecule has 2 nitrogen and oxygen atoms in total. The van der Waals surface area contributed by atoms with Crippen LogP contribution in [-0.2, 0) is 5.41 Å². The zero-order chi connectivity index (χ0) is 9.03. The van der Waals surface area contributed by atoms with Crippen LogP contribution in [-0.4, -0.2) is 9.97 Å². The molecule has 1 N–H and O–H groups in total. The van der Waals surface area contributed by atoms with Crippen LogP contribution in [0.3, 0.4) is 0 Å². The molecule has 0 amide bonds. The molecule has 12 heavy (non-hydrogen) atoms. The van der Waals surface area contributed by atoms with Crippen molar-refractivity contribution in [1.82, 2.24) is 9.97 Å². The van der Waals surface area contributed by atoms with E-state index in [4.69, 9.17) is 0 Å². The van der Waals surface area contributed by atoms with Gasteiger partial charge in [0, 0.05) is 17.8 Å². The van der Waals surface area contributed by atoms with Crippen LogP contribution in [0.15, 0.2) is 12.4 Å². The number of hydrogen-bond donors (Lipinski definition) is 1. The second-order valence-corrected chi connectivity index (χ2v) is 3.93. The van der Waals surface area contributed by atoms with Crippen LogP contribution in [0.2, 0.25) is 0 Å². The van der Waals surface area contributed by atoms with Crippen molar-refractivity contribution in [3.8, 4) is 0 Å². The molecule has 0 spiro atoms. The van der Waals surface area contributed by atoms with Gasteiger partial charge in [0.1, 0.15) is 5.82 Å². The van der Waals surface area contributed by atoms with E-state index in [9.17, 15) is 0 Å². The largest absolute Gasteiger partial charge is 0.348 e. The van der Waals surface area contributed by atoms with Crippen molar-refractivity contribution in [2.45, 2.75) is 45.4 Å². The van der Waals surface area contributed by atoms with Gasteiger partial charge < -0.3 is 4.98 Å². The molecular formula is C10H18N2. The van der Waals surface area contributed by atoms with Crippen LogP contribution in [0.4, 0.5) is 0 Å². The summed E-state index contributed by atoms with van der Waals surface area (Å²) in [5.74, 6) is 1.11. The van der Waals surface area contributed by atoms with E-state index < -0.39 is 0 Å². The molecule has 0 bridgehead atoms. The smallest absolute Gasteiger partial charge is 0.111 e. The predicted molar refractivity (Wildman–Crippen MR) is 51.1 cm³/mol. The van der Waals surface area contributed by atoms with Crippen LogP contribution >= 0.6 is 0 Å². The van der Waals surface area contributed by atoms with Gasteiger partial charge in [-0.05, 0) is 6.42 Å². The lowest BCUT2D eigenvalue weighted by Gasteiger charge is -2.21. The van der Waals surface area contributed by atoms with Gasteiger partial charge in [0.15, 0.2) is 0 Å². The van der Waals surface area contributed by atoms with Crippen LogP contribution < -0.4 is 0 Å². The number of imidazole rings is 1. The highest BCUT2D eigenvalue weighted by atomic mass is 14.9. The van der Waals surface area contributed by atoms with Crippen molar-refractivity contribution >= 4 is 0 Å². The first-order chi connectivity index (χ1) is 5.67. The third-order valence-electron chi connectivity index (χ3n) is 2.29. The van der Waals surface area contributed by atoms with Crippen molar-refractivity contribution in [1.29, 1.82) is 0 Å². The first kappa shape index (κ1) is 9.30. The third-order valence-corrected chi connectivity index (χ3v) is 2.29. The van der Waals surface area contributed by atoms with E-state index in [0.717, 1.165) is 5.82 Å². The van der Waals surface area contributed by atoms with Gasteiger partial charge >= 0.3 is 0 Å². The lowest BCUT2D eigenvalue weighted by atomic mass is 9.86. The fraction of sp³-hybridized carbons (Fsp3) is 0.700. The second kappa shape index (κ2) is 3.74. The van der Waals surface area contributed by atoms with Crippen molar-refractivity contribution in [2.75, 3.05) is 0 Å². The third kappa shape index (κ3) is 2.10. The van der Waals surface area contributed by atoms with Gasteiger partial charge in [0.25, 0.3) is 0 Å². The Kier molecular flexibility index (Phi) is 2.90. The molecule has 0 saturated heterocycles. The zero-order valence-corrected chi connectivity index (χ0v) is 8.22. The Morgan fingerprint density at radius 2 is 2.25 bits per heavy atom. The zero-order valence-electron chi connectivity index (χ0n) is 8.22. The molecule has 0 unspecified atom stereocenters. The van der Waals surface area contributed by atoms with Crippen LogP contribution in [0.5, 0.6) is 0 Å². The quantitative estimate of drug-likeness (QED) is 0.732. The maximum atomic E-state index is 4.29. The van der Waals surface area contributed by atoms with Gasteiger partial charge in [-0.2, -0.15) is 0 Å². The number of aromatic nitrogens is 2. The molecule has 1 aromatic heterocycles. The molecule has 2 heteroatoms. The minimum atomic E-state index is 0.208. The highest BCUT2D eigenvalue weighted by Crippen LogP contribution is 2.25. The number of unbranched alkanes of at least 4 members (excludes halogenated alkanes) is 1. The lowest BCUT2D eigenvalue weighted by Crippen LogP contribution is -2.18. The Morgan fingerprint density at radius 3 is 2.75 bits per heavy atom. The Balaban J connectivity index is 2.59. The van der Waals surface area contributed by atoms with Gasteiger partial charge in [-0.3, -0.25) is 0 Å². The highest BCUT2D eigenvalue weighted by molar-refractivity contribution is 5.03. The van der Waals surface area contributed by atoms with E-state index in [-0.39, 0.29) is 5.41 Å². The number of nitrogens with one attached hydrogen (secondary N) is 1. The average Bonchev–Trinajstić information content (AvgIpc) is 2.53. The van der Waals surface area contributed by atoms with E-state index in [1.165, 1.54) is 19.3 Å². The minimum Gasteiger partial charge on any atom is -0.348 e. The fourth-order valence-corrected chi connectivity index (χ4v) is 1.37. The molecule has 0 aliphatic heterocycles. The van der Waals surface area contributed by atoms with Crippen molar-refractivity contribution in [3.05, 3.63) is 18.2 Å². The Morgan fingerprint density at radius 1 is 1.50 bits per heavy atom. The maximum absolute atomic E-state index is 4.29. The molecular weight excluding hydrogens is 148 g/mol. The second-order valence-electron chi connectivity index (χ2n) is 3.93. The van der Waals surface area contributed by atoms with Crippen LogP contribution in [0, 0.1) is 0 Å². The normalized spacial score (nSPS) is 11.9. The first-order valence-corrected chi connectivity index (χ1v) is 4.66. The molecule has 0 fully saturated rings. The van der Waals surface area contributed by atoms with Gasteiger partial charge in [-0.25, -0.2) is 4.98 Å². The number of H-pyrrole nitrogens is 1. The van der Waals surface area contributed by atoms with Gasteiger partial charge in [-0.15, -0.1) is 0 Å². The van der Waals surface area contributed by atoms with Crippen LogP contribution in [0.1, 0.15) is 45.9 Å². The molecule has 0 aliphatic rings. The molecule has 1 aromatic rings. The van der Waals surface area contributed by atoms with E-state index in [1.54, 1.807) is 0 Å². The Bertz CT molecular complexity index is 212. The summed E-state index contributed by atoms with van der Waals surface area (Å²) >= 11 is 0. The standard InChI is InChI=1S/C10H18N2/c1-4-5-6-10(2,3)9-11-7-8-12-9/h7-8H,4-6H2,1-3H3,(H,11,12). The topological polar surface area (TPSA) is 28.7 Å². The highest BCUT2D eigenvalue weighted by Gasteiger charge is 2.21. The summed E-state index contributed by atoms with van der Waals surface area (Å²) in [5, 5.41) is 0. The van der Waals surface area contributed by atoms with Gasteiger partial charge in [0.2, 0.25) is 0 Å². The number of hydrogen-bond acceptors (Lipinski definition) is 1. The molecule has 1 rings (SSSR count). The van der Waals surface area contributed by atoms with E-state index in [2.05, 4.69) is 30.7 Å². The average molecular weight is 166 g/mol. The molecule has 0 saturated carbocycles. The van der Waals surface area contributed by atoms with Crippen molar-refractivity contribution < 1.29 is 0 Å². The van der Waals surface area contributed by atoms with Gasteiger partial charge in [-0.1, -0.05) is 33.6 Å². The fourth-order valence-electron chi connectivity index (χ4n) is 1.37. The summed E-state index contributed by atoms with van der Waals surface area (Å²) in [4.78, 5) is 7.46. The predicted octanol–water partition coefficient (Wildman–Crippen LogP) is 2.88. The van der Waals surface area contributed by atoms with E-state index in [0.29, 0.717) is 0 Å². The summed E-state index contributed by atoms with van der Waals surface area (Å²) in [6, 6.07) is 0. The summed E-state index contributed by atoms with van der Waals surface area (Å²) in [6.07, 6.45) is 7.45. The number of aromatic amines is 1. The van der Waals surface area contributed by atoms with Gasteiger partial charge in [0.05, 0.1) is 0 Å². The summed E-state index contributed by atoms with van der Waals surface area (Å²) in [5.41, 5.74) is 0.208.